The minimum absolute atomic E-state index is 0.247. The molecule has 0 radical (unpaired) electrons. The van der Waals surface area contributed by atoms with E-state index in [0.717, 1.165) is 12.6 Å². The highest BCUT2D eigenvalue weighted by Crippen LogP contribution is 2.37. The lowest BCUT2D eigenvalue weighted by Crippen LogP contribution is -2.10. The monoisotopic (exact) mass is 206 g/mol. The van der Waals surface area contributed by atoms with Gasteiger partial charge < -0.3 is 9.30 Å². The summed E-state index contributed by atoms with van der Waals surface area (Å²) in [4.78, 5) is 10.5. The fraction of sp³-hybridized carbons (Fsp3) is 0.889. The number of carbonyl (C=O) groups is 1. The fourth-order valence-electron chi connectivity index (χ4n) is 0.874. The predicted octanol–water partition coefficient (Wildman–Crippen LogP) is 2.20. The molecule has 0 heterocycles. The molecule has 0 aromatic carbocycles. The van der Waals surface area contributed by atoms with Gasteiger partial charge in [0.05, 0.1) is 13.7 Å². The molecule has 0 unspecified atom stereocenters. The summed E-state index contributed by atoms with van der Waals surface area (Å²) in [6, 6.07) is 0. The van der Waals surface area contributed by atoms with E-state index in [2.05, 4.69) is 0 Å². The Bertz CT molecular complexity index is 207. The number of carbonyl (C=O) groups excluding carboxylic acids is 1. The van der Waals surface area contributed by atoms with Crippen LogP contribution in [0.25, 0.3) is 0 Å². The van der Waals surface area contributed by atoms with Crippen LogP contribution in [-0.4, -0.2) is 32.1 Å². The molecule has 0 aromatic rings. The van der Waals surface area contributed by atoms with Crippen LogP contribution in [0.3, 0.4) is 0 Å². The largest absolute Gasteiger partial charge is 0.466 e. The van der Waals surface area contributed by atoms with Crippen molar-refractivity contribution in [3.8, 4) is 0 Å². The highest BCUT2D eigenvalue weighted by atomic mass is 31.2. The molecule has 0 spiro atoms. The van der Waals surface area contributed by atoms with Crippen molar-refractivity contribution in [2.24, 2.45) is 5.92 Å². The van der Waals surface area contributed by atoms with Crippen LogP contribution >= 0.6 is 7.14 Å². The van der Waals surface area contributed by atoms with Gasteiger partial charge in [0.1, 0.15) is 0 Å². The quantitative estimate of drug-likeness (QED) is 0.511. The average Bonchev–Trinajstić information content (AvgIpc) is 1.95. The van der Waals surface area contributed by atoms with E-state index in [-0.39, 0.29) is 5.97 Å². The van der Waals surface area contributed by atoms with Crippen molar-refractivity contribution in [2.45, 2.75) is 20.3 Å². The molecule has 0 aliphatic heterocycles. The van der Waals surface area contributed by atoms with Crippen molar-refractivity contribution in [1.29, 1.82) is 0 Å². The maximum atomic E-state index is 11.3. The van der Waals surface area contributed by atoms with E-state index in [0.29, 0.717) is 12.5 Å². The van der Waals surface area contributed by atoms with Crippen molar-refractivity contribution >= 4 is 13.1 Å². The highest BCUT2D eigenvalue weighted by molar-refractivity contribution is 7.62. The van der Waals surface area contributed by atoms with E-state index in [1.165, 1.54) is 6.92 Å². The molecular formula is C9H19O3P. The van der Waals surface area contributed by atoms with Crippen molar-refractivity contribution in [2.75, 3.05) is 26.1 Å². The van der Waals surface area contributed by atoms with E-state index >= 15 is 0 Å². The lowest BCUT2D eigenvalue weighted by Gasteiger charge is -2.12. The molecule has 0 aliphatic carbocycles. The summed E-state index contributed by atoms with van der Waals surface area (Å²) in [6.45, 7) is 7.41. The zero-order chi connectivity index (χ0) is 10.5. The van der Waals surface area contributed by atoms with Crippen molar-refractivity contribution in [1.82, 2.24) is 0 Å². The molecule has 13 heavy (non-hydrogen) atoms. The molecule has 0 fully saturated rings. The SMILES string of the molecule is CC(=O)OC[C@@H](C)CCP(C)(C)=O. The molecule has 78 valence electrons. The first-order chi connectivity index (χ1) is 5.81. The maximum absolute atomic E-state index is 11.3. The molecule has 0 N–H and O–H groups in total. The Morgan fingerprint density at radius 1 is 1.46 bits per heavy atom. The van der Waals surface area contributed by atoms with Crippen LogP contribution in [0.5, 0.6) is 0 Å². The summed E-state index contributed by atoms with van der Waals surface area (Å²) in [7, 11) is -1.91. The van der Waals surface area contributed by atoms with Gasteiger partial charge in [-0.05, 0) is 25.7 Å². The molecule has 0 aromatic heterocycles. The highest BCUT2D eigenvalue weighted by Gasteiger charge is 2.11. The molecule has 0 saturated carbocycles. The second-order valence-corrected chi connectivity index (χ2v) is 7.59. The van der Waals surface area contributed by atoms with Crippen LogP contribution in [0, 0.1) is 5.92 Å². The summed E-state index contributed by atoms with van der Waals surface area (Å²) in [5.74, 6) is 0.0557. The molecule has 0 bridgehead atoms. The molecule has 0 saturated heterocycles. The van der Waals surface area contributed by atoms with Gasteiger partial charge in [-0.3, -0.25) is 4.79 Å². The predicted molar refractivity (Wildman–Crippen MR) is 54.7 cm³/mol. The maximum Gasteiger partial charge on any atom is 0.302 e. The number of ether oxygens (including phenoxy) is 1. The summed E-state index contributed by atoms with van der Waals surface area (Å²) in [6.07, 6.45) is 1.59. The zero-order valence-electron chi connectivity index (χ0n) is 8.87. The normalized spacial score (nSPS) is 13.8. The molecular weight excluding hydrogens is 187 g/mol. The van der Waals surface area contributed by atoms with Gasteiger partial charge in [0.15, 0.2) is 0 Å². The average molecular weight is 206 g/mol. The Balaban J connectivity index is 3.58. The van der Waals surface area contributed by atoms with Gasteiger partial charge in [-0.1, -0.05) is 6.92 Å². The van der Waals surface area contributed by atoms with Gasteiger partial charge in [-0.25, -0.2) is 0 Å². The molecule has 0 amide bonds. The second kappa shape index (κ2) is 5.43. The smallest absolute Gasteiger partial charge is 0.302 e. The summed E-state index contributed by atoms with van der Waals surface area (Å²) >= 11 is 0. The van der Waals surface area contributed by atoms with E-state index in [9.17, 15) is 9.36 Å². The van der Waals surface area contributed by atoms with Crippen LogP contribution in [0.2, 0.25) is 0 Å². The van der Waals surface area contributed by atoms with Crippen LogP contribution < -0.4 is 0 Å². The minimum Gasteiger partial charge on any atom is -0.466 e. The summed E-state index contributed by atoms with van der Waals surface area (Å²) in [5, 5.41) is 0. The van der Waals surface area contributed by atoms with Crippen molar-refractivity contribution in [3.63, 3.8) is 0 Å². The van der Waals surface area contributed by atoms with Gasteiger partial charge in [0.2, 0.25) is 0 Å². The standard InChI is InChI=1S/C9H19O3P/c1-8(7-12-9(2)10)5-6-13(3,4)11/h8H,5-7H2,1-4H3/t8-/m0/s1. The third-order valence-corrected chi connectivity index (χ3v) is 3.07. The summed E-state index contributed by atoms with van der Waals surface area (Å²) in [5.41, 5.74) is 0. The third-order valence-electron chi connectivity index (χ3n) is 1.73. The summed E-state index contributed by atoms with van der Waals surface area (Å²) < 4.78 is 16.2. The van der Waals surface area contributed by atoms with Crippen LogP contribution in [-0.2, 0) is 14.1 Å². The van der Waals surface area contributed by atoms with Gasteiger partial charge >= 0.3 is 5.97 Å². The van der Waals surface area contributed by atoms with Gasteiger partial charge in [-0.2, -0.15) is 0 Å². The van der Waals surface area contributed by atoms with E-state index in [4.69, 9.17) is 4.74 Å². The lowest BCUT2D eigenvalue weighted by molar-refractivity contribution is -0.142. The van der Waals surface area contributed by atoms with Crippen LogP contribution in [0.15, 0.2) is 0 Å². The van der Waals surface area contributed by atoms with Gasteiger partial charge in [0.25, 0.3) is 0 Å². The Morgan fingerprint density at radius 3 is 2.38 bits per heavy atom. The van der Waals surface area contributed by atoms with E-state index in [1.54, 1.807) is 13.3 Å². The molecule has 0 rings (SSSR count). The van der Waals surface area contributed by atoms with Gasteiger partial charge in [-0.15, -0.1) is 0 Å². The first-order valence-corrected chi connectivity index (χ1v) is 7.27. The Labute approximate surface area is 80.2 Å². The molecule has 0 aliphatic rings. The van der Waals surface area contributed by atoms with Crippen molar-refractivity contribution in [3.05, 3.63) is 0 Å². The third kappa shape index (κ3) is 9.62. The van der Waals surface area contributed by atoms with Crippen molar-refractivity contribution < 1.29 is 14.1 Å². The topological polar surface area (TPSA) is 43.4 Å². The first kappa shape index (κ1) is 12.7. The lowest BCUT2D eigenvalue weighted by atomic mass is 10.1. The van der Waals surface area contributed by atoms with Crippen LogP contribution in [0.1, 0.15) is 20.3 Å². The number of esters is 1. The second-order valence-electron chi connectivity index (χ2n) is 3.99. The fourth-order valence-corrected chi connectivity index (χ4v) is 1.94. The first-order valence-electron chi connectivity index (χ1n) is 4.48. The molecule has 3 nitrogen and oxygen atoms in total. The van der Waals surface area contributed by atoms with Gasteiger partial charge in [0, 0.05) is 13.1 Å². The Kier molecular flexibility index (Phi) is 5.31. The Hall–Kier alpha value is -0.300. The Morgan fingerprint density at radius 2 is 2.00 bits per heavy atom. The minimum atomic E-state index is -1.91. The van der Waals surface area contributed by atoms with Crippen LogP contribution in [0.4, 0.5) is 0 Å². The number of hydrogen-bond donors (Lipinski definition) is 0. The zero-order valence-corrected chi connectivity index (χ0v) is 9.77. The number of hydrogen-bond acceptors (Lipinski definition) is 3. The number of rotatable bonds is 5. The van der Waals surface area contributed by atoms with E-state index in [1.807, 2.05) is 6.92 Å². The van der Waals surface area contributed by atoms with E-state index < -0.39 is 7.14 Å². The molecule has 4 heteroatoms. The molecule has 1 atom stereocenters.